The molecule has 0 aromatic heterocycles. The molecule has 0 aliphatic rings. The van der Waals surface area contributed by atoms with Crippen molar-refractivity contribution in [2.24, 2.45) is 0 Å². The lowest BCUT2D eigenvalue weighted by Gasteiger charge is -2.07. The summed E-state index contributed by atoms with van der Waals surface area (Å²) in [4.78, 5) is 23.4. The summed E-state index contributed by atoms with van der Waals surface area (Å²) in [5.74, 6) is -1.24. The van der Waals surface area contributed by atoms with Crippen LogP contribution in [0.1, 0.15) is 26.3 Å². The van der Waals surface area contributed by atoms with E-state index in [1.54, 1.807) is 31.3 Å². The van der Waals surface area contributed by atoms with Crippen molar-refractivity contribution in [3.8, 4) is 0 Å². The zero-order valence-corrected chi connectivity index (χ0v) is 13.4. The molecule has 114 valence electrons. The second kappa shape index (κ2) is 7.17. The molecule has 2 aromatic rings. The zero-order chi connectivity index (χ0) is 16.1. The molecule has 0 aliphatic carbocycles. The van der Waals surface area contributed by atoms with Crippen molar-refractivity contribution in [1.29, 1.82) is 0 Å². The highest BCUT2D eigenvalue weighted by Crippen LogP contribution is 2.15. The Morgan fingerprint density at radius 2 is 1.77 bits per heavy atom. The second-order valence-corrected chi connectivity index (χ2v) is 5.50. The molecule has 0 bridgehead atoms. The third-order valence-corrected chi connectivity index (χ3v) is 3.56. The van der Waals surface area contributed by atoms with Gasteiger partial charge in [-0.15, -0.1) is 0 Å². The van der Waals surface area contributed by atoms with Crippen LogP contribution in [0.3, 0.4) is 0 Å². The van der Waals surface area contributed by atoms with Crippen molar-refractivity contribution in [1.82, 2.24) is 10.6 Å². The maximum absolute atomic E-state index is 13.6. The molecule has 2 N–H and O–H groups in total. The monoisotopic (exact) mass is 364 g/mol. The van der Waals surface area contributed by atoms with Crippen LogP contribution in [-0.2, 0) is 6.54 Å². The van der Waals surface area contributed by atoms with Crippen molar-refractivity contribution in [2.75, 3.05) is 7.05 Å². The summed E-state index contributed by atoms with van der Waals surface area (Å²) >= 11 is 3.20. The summed E-state index contributed by atoms with van der Waals surface area (Å²) < 4.78 is 14.2. The van der Waals surface area contributed by atoms with Gasteiger partial charge in [-0.3, -0.25) is 9.59 Å². The van der Waals surface area contributed by atoms with E-state index in [9.17, 15) is 14.0 Å². The molecule has 2 aromatic carbocycles. The van der Waals surface area contributed by atoms with Gasteiger partial charge in [-0.1, -0.05) is 28.1 Å². The van der Waals surface area contributed by atoms with Gasteiger partial charge in [0.2, 0.25) is 0 Å². The van der Waals surface area contributed by atoms with E-state index in [0.717, 1.165) is 5.56 Å². The molecule has 0 spiro atoms. The molecule has 0 fully saturated rings. The molecule has 0 heterocycles. The van der Waals surface area contributed by atoms with E-state index in [4.69, 9.17) is 0 Å². The molecule has 22 heavy (non-hydrogen) atoms. The maximum Gasteiger partial charge on any atom is 0.254 e. The van der Waals surface area contributed by atoms with E-state index in [-0.39, 0.29) is 18.0 Å². The Morgan fingerprint density at radius 3 is 2.41 bits per heavy atom. The van der Waals surface area contributed by atoms with Crippen molar-refractivity contribution < 1.29 is 14.0 Å². The maximum atomic E-state index is 13.6. The van der Waals surface area contributed by atoms with Crippen LogP contribution in [0.2, 0.25) is 0 Å². The molecule has 0 atom stereocenters. The minimum atomic E-state index is -0.573. The lowest BCUT2D eigenvalue weighted by Crippen LogP contribution is -2.24. The summed E-state index contributed by atoms with van der Waals surface area (Å²) in [6, 6.07) is 11.0. The predicted octanol–water partition coefficient (Wildman–Crippen LogP) is 2.88. The molecule has 0 unspecified atom stereocenters. The average Bonchev–Trinajstić information content (AvgIpc) is 2.54. The SMILES string of the molecule is CNC(=O)c1ccc(CNC(=O)c2cc(Br)ccc2F)cc1. The number of hydrogen-bond acceptors (Lipinski definition) is 2. The fraction of sp³-hybridized carbons (Fsp3) is 0.125. The Bertz CT molecular complexity index is 702. The van der Waals surface area contributed by atoms with E-state index in [2.05, 4.69) is 26.6 Å². The first kappa shape index (κ1) is 16.2. The average molecular weight is 365 g/mol. The highest BCUT2D eigenvalue weighted by molar-refractivity contribution is 9.10. The van der Waals surface area contributed by atoms with Gasteiger partial charge in [0.15, 0.2) is 0 Å². The van der Waals surface area contributed by atoms with E-state index < -0.39 is 11.7 Å². The summed E-state index contributed by atoms with van der Waals surface area (Å²) in [5.41, 5.74) is 1.34. The number of rotatable bonds is 4. The lowest BCUT2D eigenvalue weighted by molar-refractivity contribution is 0.0942. The molecule has 0 aliphatic heterocycles. The number of nitrogens with one attached hydrogen (secondary N) is 2. The van der Waals surface area contributed by atoms with Crippen LogP contribution in [0.15, 0.2) is 46.9 Å². The molecule has 6 heteroatoms. The van der Waals surface area contributed by atoms with Gasteiger partial charge in [0, 0.05) is 23.6 Å². The third kappa shape index (κ3) is 3.92. The Morgan fingerprint density at radius 1 is 1.09 bits per heavy atom. The summed E-state index contributed by atoms with van der Waals surface area (Å²) in [7, 11) is 1.56. The Labute approximate surface area is 135 Å². The van der Waals surface area contributed by atoms with Crippen LogP contribution in [0.25, 0.3) is 0 Å². The smallest absolute Gasteiger partial charge is 0.254 e. The van der Waals surface area contributed by atoms with Crippen LogP contribution in [0, 0.1) is 5.82 Å². The van der Waals surface area contributed by atoms with Gasteiger partial charge in [0.05, 0.1) is 5.56 Å². The molecule has 4 nitrogen and oxygen atoms in total. The highest BCUT2D eigenvalue weighted by Gasteiger charge is 2.12. The topological polar surface area (TPSA) is 58.2 Å². The standard InChI is InChI=1S/C16H14BrFN2O2/c1-19-15(21)11-4-2-10(3-5-11)9-20-16(22)13-8-12(17)6-7-14(13)18/h2-8H,9H2,1H3,(H,19,21)(H,20,22). The van der Waals surface area contributed by atoms with Crippen molar-refractivity contribution >= 4 is 27.7 Å². The first-order chi connectivity index (χ1) is 10.5. The molecule has 0 saturated heterocycles. The second-order valence-electron chi connectivity index (χ2n) is 4.58. The summed E-state index contributed by atoms with van der Waals surface area (Å²) in [6.07, 6.45) is 0. The van der Waals surface area contributed by atoms with Crippen LogP contribution < -0.4 is 10.6 Å². The van der Waals surface area contributed by atoms with Crippen LogP contribution in [0.5, 0.6) is 0 Å². The Balaban J connectivity index is 2.02. The van der Waals surface area contributed by atoms with Gasteiger partial charge in [0.1, 0.15) is 5.82 Å². The van der Waals surface area contributed by atoms with Gasteiger partial charge in [0.25, 0.3) is 11.8 Å². The Hall–Kier alpha value is -2.21. The minimum Gasteiger partial charge on any atom is -0.355 e. The minimum absolute atomic E-state index is 0.0173. The van der Waals surface area contributed by atoms with Crippen molar-refractivity contribution in [2.45, 2.75) is 6.54 Å². The number of halogens is 2. The van der Waals surface area contributed by atoms with Gasteiger partial charge in [-0.2, -0.15) is 0 Å². The molecular formula is C16H14BrFN2O2. The third-order valence-electron chi connectivity index (χ3n) is 3.07. The predicted molar refractivity (Wildman–Crippen MR) is 85.1 cm³/mol. The number of benzene rings is 2. The molecule has 0 radical (unpaired) electrons. The number of amides is 2. The van der Waals surface area contributed by atoms with Crippen molar-refractivity contribution in [3.63, 3.8) is 0 Å². The lowest BCUT2D eigenvalue weighted by atomic mass is 10.1. The van der Waals surface area contributed by atoms with E-state index in [0.29, 0.717) is 10.0 Å². The largest absolute Gasteiger partial charge is 0.355 e. The van der Waals surface area contributed by atoms with Gasteiger partial charge in [-0.05, 0) is 35.9 Å². The van der Waals surface area contributed by atoms with Crippen molar-refractivity contribution in [3.05, 3.63) is 69.4 Å². The van der Waals surface area contributed by atoms with E-state index in [1.807, 2.05) is 0 Å². The number of carbonyl (C=O) groups excluding carboxylic acids is 2. The van der Waals surface area contributed by atoms with Gasteiger partial charge < -0.3 is 10.6 Å². The quantitative estimate of drug-likeness (QED) is 0.876. The van der Waals surface area contributed by atoms with Crippen LogP contribution in [0.4, 0.5) is 4.39 Å². The molecule has 0 saturated carbocycles. The molecule has 2 amide bonds. The fourth-order valence-electron chi connectivity index (χ4n) is 1.87. The first-order valence-corrected chi connectivity index (χ1v) is 7.35. The zero-order valence-electron chi connectivity index (χ0n) is 11.8. The molecule has 2 rings (SSSR count). The van der Waals surface area contributed by atoms with E-state index in [1.165, 1.54) is 18.2 Å². The van der Waals surface area contributed by atoms with Crippen LogP contribution in [-0.4, -0.2) is 18.9 Å². The first-order valence-electron chi connectivity index (χ1n) is 6.55. The van der Waals surface area contributed by atoms with Gasteiger partial charge >= 0.3 is 0 Å². The number of carbonyl (C=O) groups is 2. The van der Waals surface area contributed by atoms with Gasteiger partial charge in [-0.25, -0.2) is 4.39 Å². The molecular weight excluding hydrogens is 351 g/mol. The highest BCUT2D eigenvalue weighted by atomic mass is 79.9. The van der Waals surface area contributed by atoms with Crippen LogP contribution >= 0.6 is 15.9 Å². The summed E-state index contributed by atoms with van der Waals surface area (Å²) in [6.45, 7) is 0.249. The Kier molecular flexibility index (Phi) is 5.27. The van der Waals surface area contributed by atoms with E-state index >= 15 is 0 Å². The summed E-state index contributed by atoms with van der Waals surface area (Å²) in [5, 5.41) is 5.17. The fourth-order valence-corrected chi connectivity index (χ4v) is 2.23. The normalized spacial score (nSPS) is 10.1. The number of hydrogen-bond donors (Lipinski definition) is 2.